The highest BCUT2D eigenvalue weighted by Gasteiger charge is 2.26. The Morgan fingerprint density at radius 3 is 2.86 bits per heavy atom. The smallest absolute Gasteiger partial charge is 0.310 e. The average Bonchev–Trinajstić information content (AvgIpc) is 2.50. The van der Waals surface area contributed by atoms with Crippen molar-refractivity contribution in [1.82, 2.24) is 4.90 Å². The number of rotatable bonds is 6. The molecule has 1 aliphatic rings. The molecule has 0 aromatic heterocycles. The average molecular weight is 292 g/mol. The first kappa shape index (κ1) is 15.6. The van der Waals surface area contributed by atoms with Gasteiger partial charge in [0.2, 0.25) is 0 Å². The van der Waals surface area contributed by atoms with E-state index in [1.165, 1.54) is 0 Å². The molecule has 2 rings (SSSR count). The monoisotopic (exact) mass is 292 g/mol. The molecule has 1 fully saturated rings. The van der Waals surface area contributed by atoms with Gasteiger partial charge in [0.25, 0.3) is 0 Å². The fourth-order valence-electron chi connectivity index (χ4n) is 2.57. The van der Waals surface area contributed by atoms with E-state index < -0.39 is 0 Å². The van der Waals surface area contributed by atoms with Crippen LogP contribution in [0.1, 0.15) is 19.8 Å². The zero-order valence-electron chi connectivity index (χ0n) is 12.6. The van der Waals surface area contributed by atoms with E-state index in [0.29, 0.717) is 13.2 Å². The van der Waals surface area contributed by atoms with Crippen molar-refractivity contribution in [2.24, 2.45) is 5.92 Å². The summed E-state index contributed by atoms with van der Waals surface area (Å²) in [5, 5.41) is 0. The molecule has 5 nitrogen and oxygen atoms in total. The van der Waals surface area contributed by atoms with Gasteiger partial charge in [0.05, 0.1) is 12.5 Å². The van der Waals surface area contributed by atoms with E-state index in [-0.39, 0.29) is 11.9 Å². The SMILES string of the molecule is CCOC(=O)C1CCCN(CCOc2ccc(N)cc2)C1. The third-order valence-corrected chi connectivity index (χ3v) is 3.68. The number of piperidine rings is 1. The van der Waals surface area contributed by atoms with Crippen LogP contribution in [0.15, 0.2) is 24.3 Å². The summed E-state index contributed by atoms with van der Waals surface area (Å²) in [5.41, 5.74) is 6.36. The quantitative estimate of drug-likeness (QED) is 0.641. The Kier molecular flexibility index (Phi) is 5.87. The van der Waals surface area contributed by atoms with Crippen molar-refractivity contribution in [2.45, 2.75) is 19.8 Å². The molecule has 1 aromatic rings. The lowest BCUT2D eigenvalue weighted by Crippen LogP contribution is -2.41. The number of hydrogen-bond donors (Lipinski definition) is 1. The number of likely N-dealkylation sites (tertiary alicyclic amines) is 1. The number of hydrogen-bond acceptors (Lipinski definition) is 5. The van der Waals surface area contributed by atoms with Crippen molar-refractivity contribution in [3.05, 3.63) is 24.3 Å². The molecule has 5 heteroatoms. The van der Waals surface area contributed by atoms with Crippen molar-refractivity contribution in [1.29, 1.82) is 0 Å². The van der Waals surface area contributed by atoms with Crippen LogP contribution in [0.4, 0.5) is 5.69 Å². The van der Waals surface area contributed by atoms with Gasteiger partial charge < -0.3 is 15.2 Å². The van der Waals surface area contributed by atoms with E-state index in [9.17, 15) is 4.79 Å². The van der Waals surface area contributed by atoms with Crippen molar-refractivity contribution in [3.63, 3.8) is 0 Å². The molecule has 0 amide bonds. The lowest BCUT2D eigenvalue weighted by molar-refractivity contribution is -0.150. The number of carbonyl (C=O) groups excluding carboxylic acids is 1. The molecule has 0 radical (unpaired) electrons. The Bertz CT molecular complexity index is 447. The molecule has 0 saturated carbocycles. The maximum Gasteiger partial charge on any atom is 0.310 e. The number of carbonyl (C=O) groups is 1. The van der Waals surface area contributed by atoms with Gasteiger partial charge in [-0.15, -0.1) is 0 Å². The molecular weight excluding hydrogens is 268 g/mol. The molecule has 1 aliphatic heterocycles. The predicted octanol–water partition coefficient (Wildman–Crippen LogP) is 1.92. The Morgan fingerprint density at radius 1 is 1.38 bits per heavy atom. The third kappa shape index (κ3) is 4.93. The molecule has 116 valence electrons. The van der Waals surface area contributed by atoms with Gasteiger partial charge >= 0.3 is 5.97 Å². The molecule has 0 aliphatic carbocycles. The molecule has 2 N–H and O–H groups in total. The van der Waals surface area contributed by atoms with Crippen LogP contribution >= 0.6 is 0 Å². The Labute approximate surface area is 126 Å². The Morgan fingerprint density at radius 2 is 2.14 bits per heavy atom. The van der Waals surface area contributed by atoms with Crippen molar-refractivity contribution < 1.29 is 14.3 Å². The fourth-order valence-corrected chi connectivity index (χ4v) is 2.57. The van der Waals surface area contributed by atoms with Gasteiger partial charge in [0.1, 0.15) is 12.4 Å². The van der Waals surface area contributed by atoms with E-state index in [1.807, 2.05) is 31.2 Å². The largest absolute Gasteiger partial charge is 0.492 e. The van der Waals surface area contributed by atoms with E-state index in [0.717, 1.165) is 43.9 Å². The molecule has 0 spiro atoms. The summed E-state index contributed by atoms with van der Waals surface area (Å²) in [6.07, 6.45) is 1.96. The maximum atomic E-state index is 11.8. The summed E-state index contributed by atoms with van der Waals surface area (Å²) in [6, 6.07) is 7.39. The highest BCUT2D eigenvalue weighted by Crippen LogP contribution is 2.18. The summed E-state index contributed by atoms with van der Waals surface area (Å²) in [4.78, 5) is 14.0. The first-order chi connectivity index (χ1) is 10.2. The first-order valence-electron chi connectivity index (χ1n) is 7.56. The lowest BCUT2D eigenvalue weighted by Gasteiger charge is -2.31. The van der Waals surface area contributed by atoms with Crippen LogP contribution < -0.4 is 10.5 Å². The van der Waals surface area contributed by atoms with Gasteiger partial charge in [-0.1, -0.05) is 0 Å². The van der Waals surface area contributed by atoms with Crippen LogP contribution in [-0.2, 0) is 9.53 Å². The summed E-state index contributed by atoms with van der Waals surface area (Å²) in [6.45, 7) is 5.51. The number of nitrogens with zero attached hydrogens (tertiary/aromatic N) is 1. The fraction of sp³-hybridized carbons (Fsp3) is 0.562. The normalized spacial score (nSPS) is 19.2. The van der Waals surface area contributed by atoms with Gasteiger partial charge in [-0.05, 0) is 50.6 Å². The number of nitrogens with two attached hydrogens (primary N) is 1. The molecule has 1 atom stereocenters. The minimum absolute atomic E-state index is 0.00947. The summed E-state index contributed by atoms with van der Waals surface area (Å²) in [5.74, 6) is 0.764. The molecule has 1 unspecified atom stereocenters. The number of benzene rings is 1. The first-order valence-corrected chi connectivity index (χ1v) is 7.56. The van der Waals surface area contributed by atoms with E-state index in [1.54, 1.807) is 0 Å². The molecule has 0 bridgehead atoms. The van der Waals surface area contributed by atoms with Crippen molar-refractivity contribution in [3.8, 4) is 5.75 Å². The number of anilines is 1. The van der Waals surface area contributed by atoms with Crippen LogP contribution in [0, 0.1) is 5.92 Å². The van der Waals surface area contributed by atoms with Crippen molar-refractivity contribution in [2.75, 3.05) is 38.6 Å². The highest BCUT2D eigenvalue weighted by atomic mass is 16.5. The number of ether oxygens (including phenoxy) is 2. The van der Waals surface area contributed by atoms with Gasteiger partial charge in [-0.3, -0.25) is 9.69 Å². The summed E-state index contributed by atoms with van der Waals surface area (Å²) >= 11 is 0. The number of esters is 1. The third-order valence-electron chi connectivity index (χ3n) is 3.68. The summed E-state index contributed by atoms with van der Waals surface area (Å²) in [7, 11) is 0. The zero-order chi connectivity index (χ0) is 15.1. The Balaban J connectivity index is 1.72. The number of nitrogen functional groups attached to an aromatic ring is 1. The molecule has 1 heterocycles. The standard InChI is InChI=1S/C16H24N2O3/c1-2-20-16(19)13-4-3-9-18(12-13)10-11-21-15-7-5-14(17)6-8-15/h5-8,13H,2-4,9-12,17H2,1H3. The highest BCUT2D eigenvalue weighted by molar-refractivity contribution is 5.72. The van der Waals surface area contributed by atoms with Crippen LogP contribution in [0.5, 0.6) is 5.75 Å². The van der Waals surface area contributed by atoms with Crippen molar-refractivity contribution >= 4 is 11.7 Å². The van der Waals surface area contributed by atoms with Crippen LogP contribution in [0.3, 0.4) is 0 Å². The van der Waals surface area contributed by atoms with Gasteiger partial charge in [0, 0.05) is 18.8 Å². The van der Waals surface area contributed by atoms with Gasteiger partial charge in [-0.25, -0.2) is 0 Å². The second-order valence-corrected chi connectivity index (χ2v) is 5.31. The van der Waals surface area contributed by atoms with Gasteiger partial charge in [0.15, 0.2) is 0 Å². The minimum Gasteiger partial charge on any atom is -0.492 e. The second kappa shape index (κ2) is 7.88. The molecular formula is C16H24N2O3. The maximum absolute atomic E-state index is 11.8. The summed E-state index contributed by atoms with van der Waals surface area (Å²) < 4.78 is 10.8. The van der Waals surface area contributed by atoms with E-state index in [2.05, 4.69) is 4.90 Å². The zero-order valence-corrected chi connectivity index (χ0v) is 12.6. The lowest BCUT2D eigenvalue weighted by atomic mass is 9.98. The Hall–Kier alpha value is -1.75. The predicted molar refractivity (Wildman–Crippen MR) is 82.1 cm³/mol. The molecule has 21 heavy (non-hydrogen) atoms. The van der Waals surface area contributed by atoms with Gasteiger partial charge in [-0.2, -0.15) is 0 Å². The van der Waals surface area contributed by atoms with Crippen LogP contribution in [-0.4, -0.2) is 43.7 Å². The van der Waals surface area contributed by atoms with Crippen LogP contribution in [0.2, 0.25) is 0 Å². The van der Waals surface area contributed by atoms with E-state index >= 15 is 0 Å². The topological polar surface area (TPSA) is 64.8 Å². The minimum atomic E-state index is -0.0679. The second-order valence-electron chi connectivity index (χ2n) is 5.31. The molecule has 1 saturated heterocycles. The van der Waals surface area contributed by atoms with Crippen LogP contribution in [0.25, 0.3) is 0 Å². The van der Waals surface area contributed by atoms with E-state index in [4.69, 9.17) is 15.2 Å². The molecule has 1 aromatic carbocycles.